The first-order valence-corrected chi connectivity index (χ1v) is 9.04. The molecular weight excluding hydrogens is 354 g/mol. The van der Waals surface area contributed by atoms with Gasteiger partial charge in [0.2, 0.25) is 6.10 Å². The van der Waals surface area contributed by atoms with E-state index in [-0.39, 0.29) is 22.7 Å². The topological polar surface area (TPSA) is 81.2 Å². The largest absolute Gasteiger partial charge is 0.444 e. The molecule has 2 aromatic rings. The summed E-state index contributed by atoms with van der Waals surface area (Å²) in [5.41, 5.74) is 0.754. The highest BCUT2D eigenvalue weighted by Gasteiger charge is 2.28. The van der Waals surface area contributed by atoms with E-state index >= 15 is 0 Å². The van der Waals surface area contributed by atoms with Gasteiger partial charge in [0.25, 0.3) is 5.91 Å². The molecule has 7 heteroatoms. The minimum atomic E-state index is -1.06. The van der Waals surface area contributed by atoms with E-state index in [0.717, 1.165) is 25.7 Å². The Hall–Kier alpha value is -2.47. The van der Waals surface area contributed by atoms with Gasteiger partial charge in [-0.1, -0.05) is 36.9 Å². The Morgan fingerprint density at radius 3 is 2.62 bits per heavy atom. The van der Waals surface area contributed by atoms with Gasteiger partial charge in [-0.05, 0) is 31.0 Å². The number of nitrogens with zero attached hydrogens (tertiary/aromatic N) is 2. The summed E-state index contributed by atoms with van der Waals surface area (Å²) in [5, 5.41) is 3.28. The normalized spacial score (nSPS) is 15.9. The van der Waals surface area contributed by atoms with Gasteiger partial charge in [-0.25, -0.2) is 9.78 Å². The van der Waals surface area contributed by atoms with E-state index in [1.165, 1.54) is 30.9 Å². The number of esters is 1. The van der Waals surface area contributed by atoms with Crippen LogP contribution in [0.4, 0.5) is 0 Å². The zero-order chi connectivity index (χ0) is 18.4. The third-order valence-electron chi connectivity index (χ3n) is 4.36. The molecule has 1 fully saturated rings. The molecule has 0 bridgehead atoms. The quantitative estimate of drug-likeness (QED) is 0.641. The molecule has 1 aliphatic rings. The Balaban J connectivity index is 1.75. The number of hydrogen-bond donors (Lipinski definition) is 1. The van der Waals surface area contributed by atoms with Crippen LogP contribution in [-0.2, 0) is 9.53 Å². The average molecular weight is 374 g/mol. The Bertz CT molecular complexity index is 746. The van der Waals surface area contributed by atoms with E-state index < -0.39 is 12.1 Å². The van der Waals surface area contributed by atoms with Crippen molar-refractivity contribution in [3.05, 3.63) is 59.1 Å². The summed E-state index contributed by atoms with van der Waals surface area (Å²) >= 11 is 5.74. The third kappa shape index (κ3) is 4.79. The highest BCUT2D eigenvalue weighted by Crippen LogP contribution is 2.22. The second kappa shape index (κ2) is 8.76. The molecule has 136 valence electrons. The molecule has 6 nitrogen and oxygen atoms in total. The predicted molar refractivity (Wildman–Crippen MR) is 96.7 cm³/mol. The minimum absolute atomic E-state index is 0.117. The summed E-state index contributed by atoms with van der Waals surface area (Å²) in [4.78, 5) is 33.1. The number of carbonyl (C=O) groups excluding carboxylic acids is 2. The fourth-order valence-corrected chi connectivity index (χ4v) is 3.11. The van der Waals surface area contributed by atoms with Crippen LogP contribution in [0.1, 0.15) is 54.1 Å². The van der Waals surface area contributed by atoms with Crippen LogP contribution in [0.5, 0.6) is 0 Å². The van der Waals surface area contributed by atoms with Crippen molar-refractivity contribution in [1.29, 1.82) is 0 Å². The van der Waals surface area contributed by atoms with Gasteiger partial charge in [0, 0.05) is 30.2 Å². The number of ether oxygens (including phenoxy) is 1. The molecule has 2 aromatic heterocycles. The van der Waals surface area contributed by atoms with Gasteiger partial charge in [-0.2, -0.15) is 0 Å². The van der Waals surface area contributed by atoms with Gasteiger partial charge < -0.3 is 10.1 Å². The van der Waals surface area contributed by atoms with E-state index in [2.05, 4.69) is 15.3 Å². The van der Waals surface area contributed by atoms with Crippen LogP contribution in [0.15, 0.2) is 42.9 Å². The smallest absolute Gasteiger partial charge is 0.340 e. The molecule has 3 rings (SSSR count). The molecule has 0 aliphatic heterocycles. The first-order valence-electron chi connectivity index (χ1n) is 8.66. The van der Waals surface area contributed by atoms with E-state index in [1.54, 1.807) is 18.3 Å². The molecule has 1 aliphatic carbocycles. The van der Waals surface area contributed by atoms with E-state index in [9.17, 15) is 9.59 Å². The second-order valence-electron chi connectivity index (χ2n) is 6.28. The van der Waals surface area contributed by atoms with Crippen LogP contribution in [0, 0.1) is 0 Å². The van der Waals surface area contributed by atoms with Crippen LogP contribution >= 0.6 is 11.6 Å². The Morgan fingerprint density at radius 1 is 1.15 bits per heavy atom. The molecule has 0 radical (unpaired) electrons. The number of amides is 1. The average Bonchev–Trinajstić information content (AvgIpc) is 2.68. The monoisotopic (exact) mass is 373 g/mol. The molecule has 1 amide bonds. The molecule has 2 heterocycles. The third-order valence-corrected chi connectivity index (χ3v) is 4.59. The molecule has 0 spiro atoms. The summed E-state index contributed by atoms with van der Waals surface area (Å²) < 4.78 is 5.49. The molecule has 1 N–H and O–H groups in total. The zero-order valence-electron chi connectivity index (χ0n) is 14.2. The number of pyridine rings is 2. The molecule has 1 saturated carbocycles. The summed E-state index contributed by atoms with van der Waals surface area (Å²) in [7, 11) is 0. The van der Waals surface area contributed by atoms with E-state index in [0.29, 0.717) is 5.56 Å². The lowest BCUT2D eigenvalue weighted by molar-refractivity contribution is -0.131. The van der Waals surface area contributed by atoms with Crippen molar-refractivity contribution in [3.8, 4) is 0 Å². The number of nitrogens with one attached hydrogen (secondary N) is 1. The van der Waals surface area contributed by atoms with Crippen molar-refractivity contribution in [2.45, 2.75) is 44.2 Å². The highest BCUT2D eigenvalue weighted by molar-refractivity contribution is 6.29. The van der Waals surface area contributed by atoms with Crippen molar-refractivity contribution in [3.63, 3.8) is 0 Å². The first kappa shape index (κ1) is 18.3. The number of hydrogen-bond acceptors (Lipinski definition) is 5. The van der Waals surface area contributed by atoms with Gasteiger partial charge >= 0.3 is 5.97 Å². The molecule has 1 atom stereocenters. The van der Waals surface area contributed by atoms with Crippen LogP contribution in [-0.4, -0.2) is 27.9 Å². The zero-order valence-corrected chi connectivity index (χ0v) is 15.0. The number of rotatable bonds is 5. The van der Waals surface area contributed by atoms with Crippen molar-refractivity contribution < 1.29 is 14.3 Å². The van der Waals surface area contributed by atoms with E-state index in [4.69, 9.17) is 16.3 Å². The molecular formula is C19H20ClN3O3. The maximum Gasteiger partial charge on any atom is 0.340 e. The fourth-order valence-electron chi connectivity index (χ4n) is 3.00. The Labute approximate surface area is 156 Å². The lowest BCUT2D eigenvalue weighted by Gasteiger charge is -2.25. The van der Waals surface area contributed by atoms with Crippen LogP contribution in [0.3, 0.4) is 0 Å². The molecule has 1 unspecified atom stereocenters. The van der Waals surface area contributed by atoms with Crippen molar-refractivity contribution in [2.75, 3.05) is 0 Å². The lowest BCUT2D eigenvalue weighted by atomic mass is 9.95. The summed E-state index contributed by atoms with van der Waals surface area (Å²) in [5.74, 6) is -0.970. The summed E-state index contributed by atoms with van der Waals surface area (Å²) in [6.07, 6.45) is 8.66. The maximum absolute atomic E-state index is 12.8. The number of carbonyl (C=O) groups is 2. The summed E-state index contributed by atoms with van der Waals surface area (Å²) in [6.45, 7) is 0. The standard InChI is InChI=1S/C19H20ClN3O3/c20-16-9-8-14(12-22-16)19(25)26-17(13-5-4-10-21-11-13)18(24)23-15-6-2-1-3-7-15/h4-5,8-12,15,17H,1-3,6-7H2,(H,23,24). The Morgan fingerprint density at radius 2 is 1.96 bits per heavy atom. The van der Waals surface area contributed by atoms with E-state index in [1.807, 2.05) is 0 Å². The van der Waals surface area contributed by atoms with Crippen LogP contribution < -0.4 is 5.32 Å². The van der Waals surface area contributed by atoms with Crippen molar-refractivity contribution >= 4 is 23.5 Å². The lowest BCUT2D eigenvalue weighted by Crippen LogP contribution is -2.40. The van der Waals surface area contributed by atoms with Gasteiger partial charge in [-0.15, -0.1) is 0 Å². The van der Waals surface area contributed by atoms with Gasteiger partial charge in [0.15, 0.2) is 0 Å². The summed E-state index contributed by atoms with van der Waals surface area (Å²) in [6, 6.07) is 6.54. The van der Waals surface area contributed by atoms with Gasteiger partial charge in [0.05, 0.1) is 5.56 Å². The van der Waals surface area contributed by atoms with Crippen molar-refractivity contribution in [1.82, 2.24) is 15.3 Å². The Kier molecular flexibility index (Phi) is 6.17. The van der Waals surface area contributed by atoms with Crippen LogP contribution in [0.2, 0.25) is 5.15 Å². The minimum Gasteiger partial charge on any atom is -0.444 e. The molecule has 0 saturated heterocycles. The fraction of sp³-hybridized carbons (Fsp3) is 0.368. The van der Waals surface area contributed by atoms with Crippen molar-refractivity contribution in [2.24, 2.45) is 0 Å². The SMILES string of the molecule is O=C(OC(C(=O)NC1CCCCC1)c1cccnc1)c1ccc(Cl)nc1. The van der Waals surface area contributed by atoms with Gasteiger partial charge in [0.1, 0.15) is 5.15 Å². The maximum atomic E-state index is 12.8. The number of aromatic nitrogens is 2. The molecule has 26 heavy (non-hydrogen) atoms. The number of halogens is 1. The van der Waals surface area contributed by atoms with Crippen LogP contribution in [0.25, 0.3) is 0 Å². The van der Waals surface area contributed by atoms with Gasteiger partial charge in [-0.3, -0.25) is 9.78 Å². The molecule has 0 aromatic carbocycles. The second-order valence-corrected chi connectivity index (χ2v) is 6.67. The predicted octanol–water partition coefficient (Wildman–Crippen LogP) is 3.48. The first-order chi connectivity index (χ1) is 12.6. The highest BCUT2D eigenvalue weighted by atomic mass is 35.5.